The van der Waals surface area contributed by atoms with Gasteiger partial charge in [-0.05, 0) is 27.6 Å². The maximum Gasteiger partial charge on any atom is 0.312 e. The van der Waals surface area contributed by atoms with E-state index in [1.807, 2.05) is 0 Å². The maximum atomic E-state index is 13.1. The van der Waals surface area contributed by atoms with Crippen LogP contribution in [0.15, 0.2) is 22.7 Å². The Hall–Kier alpha value is -0.940. The van der Waals surface area contributed by atoms with Gasteiger partial charge in [-0.3, -0.25) is 4.79 Å². The van der Waals surface area contributed by atoms with Gasteiger partial charge in [0.1, 0.15) is 5.82 Å². The van der Waals surface area contributed by atoms with E-state index < -0.39 is 17.7 Å². The van der Waals surface area contributed by atoms with Crippen molar-refractivity contribution in [3.63, 3.8) is 0 Å². The first kappa shape index (κ1) is 11.1. The van der Waals surface area contributed by atoms with E-state index in [1.165, 1.54) is 12.1 Å². The van der Waals surface area contributed by atoms with Gasteiger partial charge in [0.05, 0.1) is 10.4 Å². The highest BCUT2D eigenvalue weighted by atomic mass is 79.9. The third-order valence-corrected chi connectivity index (χ3v) is 2.73. The topological polar surface area (TPSA) is 63.3 Å². The van der Waals surface area contributed by atoms with E-state index in [4.69, 9.17) is 10.8 Å². The van der Waals surface area contributed by atoms with Gasteiger partial charge >= 0.3 is 5.97 Å². The molecular formula is C9H9BrFNO2. The quantitative estimate of drug-likeness (QED) is 0.871. The molecule has 0 amide bonds. The van der Waals surface area contributed by atoms with Crippen molar-refractivity contribution in [3.8, 4) is 0 Å². The smallest absolute Gasteiger partial charge is 0.312 e. The van der Waals surface area contributed by atoms with Crippen LogP contribution in [0.2, 0.25) is 0 Å². The van der Waals surface area contributed by atoms with E-state index in [2.05, 4.69) is 15.9 Å². The zero-order valence-corrected chi connectivity index (χ0v) is 8.79. The van der Waals surface area contributed by atoms with Crippen LogP contribution >= 0.6 is 15.9 Å². The van der Waals surface area contributed by atoms with Crippen molar-refractivity contribution in [2.75, 3.05) is 6.54 Å². The summed E-state index contributed by atoms with van der Waals surface area (Å²) in [5.41, 5.74) is 5.66. The molecule has 0 radical (unpaired) electrons. The molecular weight excluding hydrogens is 253 g/mol. The lowest BCUT2D eigenvalue weighted by Gasteiger charge is -2.12. The molecule has 0 spiro atoms. The zero-order chi connectivity index (χ0) is 10.7. The lowest BCUT2D eigenvalue weighted by atomic mass is 9.99. The number of carboxylic acids is 1. The Morgan fingerprint density at radius 3 is 2.79 bits per heavy atom. The summed E-state index contributed by atoms with van der Waals surface area (Å²) in [6.45, 7) is -0.0581. The highest BCUT2D eigenvalue weighted by molar-refractivity contribution is 9.10. The molecule has 0 saturated heterocycles. The number of hydrogen-bond acceptors (Lipinski definition) is 2. The summed E-state index contributed by atoms with van der Waals surface area (Å²) in [5, 5.41) is 8.82. The van der Waals surface area contributed by atoms with Crippen molar-refractivity contribution in [2.24, 2.45) is 5.73 Å². The molecule has 14 heavy (non-hydrogen) atoms. The summed E-state index contributed by atoms with van der Waals surface area (Å²) < 4.78 is 13.2. The molecule has 0 bridgehead atoms. The molecule has 0 saturated carbocycles. The van der Waals surface area contributed by atoms with E-state index in [0.29, 0.717) is 5.56 Å². The van der Waals surface area contributed by atoms with Crippen LogP contribution in [0.1, 0.15) is 11.5 Å². The molecule has 0 heterocycles. The third-order valence-electron chi connectivity index (χ3n) is 1.89. The summed E-state index contributed by atoms with van der Waals surface area (Å²) in [4.78, 5) is 10.8. The number of rotatable bonds is 3. The molecule has 3 nitrogen and oxygen atoms in total. The van der Waals surface area contributed by atoms with Crippen LogP contribution < -0.4 is 5.73 Å². The van der Waals surface area contributed by atoms with Crippen LogP contribution in [-0.2, 0) is 4.79 Å². The number of hydrogen-bond donors (Lipinski definition) is 2. The van der Waals surface area contributed by atoms with Gasteiger partial charge in [-0.25, -0.2) is 4.39 Å². The first-order chi connectivity index (χ1) is 6.57. The maximum absolute atomic E-state index is 13.1. The van der Waals surface area contributed by atoms with Gasteiger partial charge in [-0.2, -0.15) is 0 Å². The van der Waals surface area contributed by atoms with E-state index in [9.17, 15) is 9.18 Å². The summed E-state index contributed by atoms with van der Waals surface area (Å²) in [6, 6.07) is 4.25. The van der Waals surface area contributed by atoms with Gasteiger partial charge in [0, 0.05) is 6.54 Å². The van der Waals surface area contributed by atoms with Crippen molar-refractivity contribution >= 4 is 21.9 Å². The lowest BCUT2D eigenvalue weighted by Crippen LogP contribution is -2.21. The third kappa shape index (κ3) is 2.10. The molecule has 0 aliphatic carbocycles. The predicted molar refractivity (Wildman–Crippen MR) is 53.5 cm³/mol. The monoisotopic (exact) mass is 261 g/mol. The van der Waals surface area contributed by atoms with Crippen LogP contribution in [0.5, 0.6) is 0 Å². The normalized spacial score (nSPS) is 12.5. The van der Waals surface area contributed by atoms with Crippen LogP contribution in [0.25, 0.3) is 0 Å². The van der Waals surface area contributed by atoms with E-state index >= 15 is 0 Å². The summed E-state index contributed by atoms with van der Waals surface area (Å²) in [6.07, 6.45) is 0. The lowest BCUT2D eigenvalue weighted by molar-refractivity contribution is -0.138. The second-order valence-corrected chi connectivity index (χ2v) is 3.56. The van der Waals surface area contributed by atoms with Crippen molar-refractivity contribution in [2.45, 2.75) is 5.92 Å². The van der Waals surface area contributed by atoms with Crippen molar-refractivity contribution in [1.29, 1.82) is 0 Å². The average molecular weight is 262 g/mol. The molecule has 1 atom stereocenters. The van der Waals surface area contributed by atoms with E-state index in [-0.39, 0.29) is 11.0 Å². The molecule has 1 aromatic carbocycles. The van der Waals surface area contributed by atoms with Crippen molar-refractivity contribution < 1.29 is 14.3 Å². The molecule has 1 unspecified atom stereocenters. The zero-order valence-electron chi connectivity index (χ0n) is 7.21. The average Bonchev–Trinajstić information content (AvgIpc) is 2.13. The van der Waals surface area contributed by atoms with Crippen molar-refractivity contribution in [3.05, 3.63) is 34.1 Å². The fourth-order valence-electron chi connectivity index (χ4n) is 1.15. The van der Waals surface area contributed by atoms with E-state index in [0.717, 1.165) is 0 Å². The van der Waals surface area contributed by atoms with E-state index in [1.54, 1.807) is 6.07 Å². The minimum atomic E-state index is -1.06. The fraction of sp³-hybridized carbons (Fsp3) is 0.222. The first-order valence-electron chi connectivity index (χ1n) is 3.94. The Kier molecular flexibility index (Phi) is 3.60. The van der Waals surface area contributed by atoms with Gasteiger partial charge in [-0.1, -0.05) is 12.1 Å². The summed E-state index contributed by atoms with van der Waals surface area (Å²) >= 11 is 3.00. The van der Waals surface area contributed by atoms with Gasteiger partial charge < -0.3 is 10.8 Å². The SMILES string of the molecule is NCC(C(=O)O)c1cccc(F)c1Br. The molecule has 0 fully saturated rings. The molecule has 1 aromatic rings. The fourth-order valence-corrected chi connectivity index (χ4v) is 1.69. The van der Waals surface area contributed by atoms with Crippen molar-refractivity contribution in [1.82, 2.24) is 0 Å². The Morgan fingerprint density at radius 2 is 2.29 bits per heavy atom. The number of halogens is 2. The number of nitrogens with two attached hydrogens (primary N) is 1. The Bertz CT molecular complexity index is 357. The second-order valence-electron chi connectivity index (χ2n) is 2.77. The van der Waals surface area contributed by atoms with Gasteiger partial charge in [0.15, 0.2) is 0 Å². The highest BCUT2D eigenvalue weighted by Gasteiger charge is 2.21. The molecule has 0 aliphatic rings. The predicted octanol–water partition coefficient (Wildman–Crippen LogP) is 1.72. The van der Waals surface area contributed by atoms with Crippen LogP contribution in [-0.4, -0.2) is 17.6 Å². The summed E-state index contributed by atoms with van der Waals surface area (Å²) in [7, 11) is 0. The molecule has 0 aromatic heterocycles. The minimum Gasteiger partial charge on any atom is -0.481 e. The molecule has 5 heteroatoms. The first-order valence-corrected chi connectivity index (χ1v) is 4.74. The van der Waals surface area contributed by atoms with Crippen LogP contribution in [0.4, 0.5) is 4.39 Å². The Morgan fingerprint density at radius 1 is 1.64 bits per heavy atom. The van der Waals surface area contributed by atoms with Gasteiger partial charge in [0.2, 0.25) is 0 Å². The van der Waals surface area contributed by atoms with Crippen LogP contribution in [0, 0.1) is 5.82 Å². The second kappa shape index (κ2) is 4.52. The number of carbonyl (C=O) groups is 1. The molecule has 0 aliphatic heterocycles. The van der Waals surface area contributed by atoms with Crippen LogP contribution in [0.3, 0.4) is 0 Å². The Labute approximate surface area is 88.9 Å². The molecule has 3 N–H and O–H groups in total. The highest BCUT2D eigenvalue weighted by Crippen LogP contribution is 2.27. The standard InChI is InChI=1S/C9H9BrFNO2/c10-8-5(2-1-3-7(8)11)6(4-12)9(13)14/h1-3,6H,4,12H2,(H,13,14). The largest absolute Gasteiger partial charge is 0.481 e. The molecule has 76 valence electrons. The molecule has 1 rings (SSSR count). The Balaban J connectivity index is 3.16. The number of aliphatic carboxylic acids is 1. The number of carboxylic acid groups (broad SMARTS) is 1. The summed E-state index contributed by atoms with van der Waals surface area (Å²) in [5.74, 6) is -2.42. The number of benzene rings is 1. The van der Waals surface area contributed by atoms with Gasteiger partial charge in [-0.15, -0.1) is 0 Å². The van der Waals surface area contributed by atoms with Gasteiger partial charge in [0.25, 0.3) is 0 Å². The minimum absolute atomic E-state index is 0.0581.